The van der Waals surface area contributed by atoms with Gasteiger partial charge in [0, 0.05) is 18.2 Å². The Labute approximate surface area is 123 Å². The summed E-state index contributed by atoms with van der Waals surface area (Å²) in [6.07, 6.45) is 0. The highest BCUT2D eigenvalue weighted by Gasteiger charge is 2.12. The van der Waals surface area contributed by atoms with Crippen molar-refractivity contribution in [2.45, 2.75) is 19.5 Å². The summed E-state index contributed by atoms with van der Waals surface area (Å²) < 4.78 is 40.5. The first kappa shape index (κ1) is 15.1. The summed E-state index contributed by atoms with van der Waals surface area (Å²) >= 11 is 3.08. The molecule has 2 rings (SSSR count). The van der Waals surface area contributed by atoms with Gasteiger partial charge >= 0.3 is 0 Å². The normalized spacial score (nSPS) is 12.4. The van der Waals surface area contributed by atoms with E-state index >= 15 is 0 Å². The van der Waals surface area contributed by atoms with E-state index in [1.54, 1.807) is 19.1 Å². The Kier molecular flexibility index (Phi) is 4.83. The number of benzene rings is 2. The summed E-state index contributed by atoms with van der Waals surface area (Å²) in [6.45, 7) is 2.09. The molecule has 0 spiro atoms. The van der Waals surface area contributed by atoms with Crippen molar-refractivity contribution in [1.29, 1.82) is 0 Å². The van der Waals surface area contributed by atoms with Crippen LogP contribution in [0, 0.1) is 17.5 Å². The first-order valence-corrected chi connectivity index (χ1v) is 6.89. The van der Waals surface area contributed by atoms with Gasteiger partial charge in [-0.25, -0.2) is 13.2 Å². The van der Waals surface area contributed by atoms with Gasteiger partial charge in [-0.05, 0) is 58.7 Å². The third kappa shape index (κ3) is 3.61. The molecule has 0 fully saturated rings. The zero-order chi connectivity index (χ0) is 14.7. The molecule has 106 valence electrons. The Morgan fingerprint density at radius 1 is 1.05 bits per heavy atom. The van der Waals surface area contributed by atoms with E-state index in [1.807, 2.05) is 0 Å². The Bertz CT molecular complexity index is 616. The summed E-state index contributed by atoms with van der Waals surface area (Å²) in [4.78, 5) is 0. The maximum absolute atomic E-state index is 13.6. The van der Waals surface area contributed by atoms with Gasteiger partial charge in [-0.15, -0.1) is 0 Å². The second kappa shape index (κ2) is 6.41. The van der Waals surface area contributed by atoms with Gasteiger partial charge in [0.1, 0.15) is 17.5 Å². The van der Waals surface area contributed by atoms with E-state index in [2.05, 4.69) is 21.2 Å². The largest absolute Gasteiger partial charge is 0.306 e. The molecule has 5 heteroatoms. The summed E-state index contributed by atoms with van der Waals surface area (Å²) in [5.41, 5.74) is 0.983. The highest BCUT2D eigenvalue weighted by Crippen LogP contribution is 2.20. The molecule has 1 nitrogen and oxygen atoms in total. The maximum Gasteiger partial charge on any atom is 0.137 e. The van der Waals surface area contributed by atoms with E-state index in [-0.39, 0.29) is 17.4 Å². The van der Waals surface area contributed by atoms with Crippen LogP contribution in [-0.4, -0.2) is 0 Å². The zero-order valence-electron chi connectivity index (χ0n) is 10.8. The molecule has 0 amide bonds. The summed E-state index contributed by atoms with van der Waals surface area (Å²) in [5.74, 6) is -1.30. The molecule has 0 bridgehead atoms. The van der Waals surface area contributed by atoms with E-state index in [0.717, 1.165) is 23.8 Å². The second-order valence-corrected chi connectivity index (χ2v) is 5.37. The number of halogens is 4. The Hall–Kier alpha value is -1.33. The summed E-state index contributed by atoms with van der Waals surface area (Å²) in [5, 5.41) is 3.04. The topological polar surface area (TPSA) is 12.0 Å². The second-order valence-electron chi connectivity index (χ2n) is 4.52. The molecule has 1 N–H and O–H groups in total. The van der Waals surface area contributed by atoms with Crippen molar-refractivity contribution >= 4 is 15.9 Å². The van der Waals surface area contributed by atoms with Gasteiger partial charge in [0.05, 0.1) is 4.47 Å². The molecule has 2 aromatic carbocycles. The molecule has 0 saturated carbocycles. The van der Waals surface area contributed by atoms with E-state index in [0.29, 0.717) is 11.0 Å². The number of hydrogen-bond donors (Lipinski definition) is 1. The minimum Gasteiger partial charge on any atom is -0.306 e. The Balaban J connectivity index is 2.06. The van der Waals surface area contributed by atoms with E-state index in [1.165, 1.54) is 6.07 Å². The van der Waals surface area contributed by atoms with Crippen LogP contribution in [0.25, 0.3) is 0 Å². The molecule has 0 radical (unpaired) electrons. The van der Waals surface area contributed by atoms with Crippen LogP contribution < -0.4 is 5.32 Å². The molecule has 0 saturated heterocycles. The zero-order valence-corrected chi connectivity index (χ0v) is 12.3. The summed E-state index contributed by atoms with van der Waals surface area (Å²) in [6, 6.07) is 7.73. The van der Waals surface area contributed by atoms with Crippen LogP contribution in [0.5, 0.6) is 0 Å². The smallest absolute Gasteiger partial charge is 0.137 e. The van der Waals surface area contributed by atoms with Crippen molar-refractivity contribution < 1.29 is 13.2 Å². The lowest BCUT2D eigenvalue weighted by atomic mass is 10.1. The monoisotopic (exact) mass is 343 g/mol. The van der Waals surface area contributed by atoms with Crippen molar-refractivity contribution in [3.05, 3.63) is 69.4 Å². The fourth-order valence-electron chi connectivity index (χ4n) is 1.88. The third-order valence-corrected chi connectivity index (χ3v) is 3.66. The lowest BCUT2D eigenvalue weighted by molar-refractivity contribution is 0.517. The molecule has 20 heavy (non-hydrogen) atoms. The van der Waals surface area contributed by atoms with Crippen LogP contribution in [-0.2, 0) is 6.54 Å². The predicted molar refractivity (Wildman–Crippen MR) is 75.7 cm³/mol. The molecular weight excluding hydrogens is 331 g/mol. The quantitative estimate of drug-likeness (QED) is 0.847. The van der Waals surface area contributed by atoms with E-state index < -0.39 is 11.6 Å². The van der Waals surface area contributed by atoms with Gasteiger partial charge in [0.2, 0.25) is 0 Å². The first-order chi connectivity index (χ1) is 9.47. The minimum absolute atomic E-state index is 0.252. The lowest BCUT2D eigenvalue weighted by Gasteiger charge is -2.15. The average molecular weight is 344 g/mol. The molecular formula is C15H13BrF3N. The molecule has 2 aromatic rings. The van der Waals surface area contributed by atoms with Crippen LogP contribution in [0.1, 0.15) is 24.1 Å². The molecule has 0 aliphatic heterocycles. The number of rotatable bonds is 4. The minimum atomic E-state index is -0.482. The highest BCUT2D eigenvalue weighted by atomic mass is 79.9. The van der Waals surface area contributed by atoms with Crippen molar-refractivity contribution in [3.8, 4) is 0 Å². The fraction of sp³-hybridized carbons (Fsp3) is 0.200. The van der Waals surface area contributed by atoms with Crippen molar-refractivity contribution in [2.24, 2.45) is 0 Å². The molecule has 1 unspecified atom stereocenters. The summed E-state index contributed by atoms with van der Waals surface area (Å²) in [7, 11) is 0. The average Bonchev–Trinajstić information content (AvgIpc) is 2.42. The van der Waals surface area contributed by atoms with Crippen LogP contribution in [0.4, 0.5) is 13.2 Å². The van der Waals surface area contributed by atoms with Gasteiger partial charge in [0.15, 0.2) is 0 Å². The van der Waals surface area contributed by atoms with Gasteiger partial charge in [-0.3, -0.25) is 0 Å². The molecule has 0 aromatic heterocycles. The first-order valence-electron chi connectivity index (χ1n) is 6.09. The fourth-order valence-corrected chi connectivity index (χ4v) is 2.12. The van der Waals surface area contributed by atoms with Crippen LogP contribution in [0.2, 0.25) is 0 Å². The predicted octanol–water partition coefficient (Wildman–Crippen LogP) is 4.72. The molecule has 0 heterocycles. The van der Waals surface area contributed by atoms with Gasteiger partial charge in [-0.1, -0.05) is 6.07 Å². The van der Waals surface area contributed by atoms with Crippen molar-refractivity contribution in [2.75, 3.05) is 0 Å². The number of hydrogen-bond acceptors (Lipinski definition) is 1. The molecule has 1 atom stereocenters. The van der Waals surface area contributed by atoms with Crippen molar-refractivity contribution in [1.82, 2.24) is 5.32 Å². The van der Waals surface area contributed by atoms with E-state index in [4.69, 9.17) is 0 Å². The third-order valence-electron chi connectivity index (χ3n) is 3.02. The van der Waals surface area contributed by atoms with Gasteiger partial charge in [-0.2, -0.15) is 0 Å². The van der Waals surface area contributed by atoms with Crippen molar-refractivity contribution in [3.63, 3.8) is 0 Å². The maximum atomic E-state index is 13.6. The standard InChI is InChI=1S/C15H13BrF3N/c1-9(12-7-11(17)3-5-14(12)18)20-8-10-2-4-13(16)15(19)6-10/h2-7,9,20H,8H2,1H3. The highest BCUT2D eigenvalue weighted by molar-refractivity contribution is 9.10. The van der Waals surface area contributed by atoms with Gasteiger partial charge in [0.25, 0.3) is 0 Å². The molecule has 0 aliphatic rings. The lowest BCUT2D eigenvalue weighted by Crippen LogP contribution is -2.19. The number of nitrogens with one attached hydrogen (secondary N) is 1. The molecule has 0 aliphatic carbocycles. The SMILES string of the molecule is CC(NCc1ccc(Br)c(F)c1)c1cc(F)ccc1F. The Morgan fingerprint density at radius 2 is 1.80 bits per heavy atom. The van der Waals surface area contributed by atoms with Gasteiger partial charge < -0.3 is 5.32 Å². The van der Waals surface area contributed by atoms with Crippen LogP contribution >= 0.6 is 15.9 Å². The van der Waals surface area contributed by atoms with Crippen LogP contribution in [0.15, 0.2) is 40.9 Å². The Morgan fingerprint density at radius 3 is 2.50 bits per heavy atom. The van der Waals surface area contributed by atoms with Crippen LogP contribution in [0.3, 0.4) is 0 Å². The van der Waals surface area contributed by atoms with E-state index in [9.17, 15) is 13.2 Å².